The van der Waals surface area contributed by atoms with E-state index in [1.807, 2.05) is 13.8 Å². The summed E-state index contributed by atoms with van der Waals surface area (Å²) in [6.45, 7) is 5.93. The molecule has 1 N–H and O–H groups in total. The van der Waals surface area contributed by atoms with Gasteiger partial charge in [-0.25, -0.2) is 0 Å². The maximum Gasteiger partial charge on any atom is 0.417 e. The van der Waals surface area contributed by atoms with Crippen LogP contribution in [0.2, 0.25) is 5.02 Å². The molecule has 0 bridgehead atoms. The maximum absolute atomic E-state index is 12.8. The summed E-state index contributed by atoms with van der Waals surface area (Å²) in [7, 11) is 0. The molecular weight excluding hydrogens is 345 g/mol. The lowest BCUT2D eigenvalue weighted by molar-refractivity contribution is -0.137. The van der Waals surface area contributed by atoms with Crippen molar-refractivity contribution in [2.24, 2.45) is 0 Å². The maximum atomic E-state index is 12.8. The van der Waals surface area contributed by atoms with Gasteiger partial charge in [-0.3, -0.25) is 9.69 Å². The van der Waals surface area contributed by atoms with Crippen molar-refractivity contribution in [3.05, 3.63) is 28.8 Å². The molecular formula is C16H20ClF3N2O2. The van der Waals surface area contributed by atoms with E-state index in [2.05, 4.69) is 10.2 Å². The van der Waals surface area contributed by atoms with Crippen molar-refractivity contribution >= 4 is 23.2 Å². The van der Waals surface area contributed by atoms with E-state index in [9.17, 15) is 18.0 Å². The lowest BCUT2D eigenvalue weighted by Crippen LogP contribution is -2.46. The van der Waals surface area contributed by atoms with Gasteiger partial charge in [0, 0.05) is 31.7 Å². The van der Waals surface area contributed by atoms with Gasteiger partial charge >= 0.3 is 6.18 Å². The normalized spacial score (nSPS) is 22.4. The zero-order chi connectivity index (χ0) is 17.9. The monoisotopic (exact) mass is 364 g/mol. The Balaban J connectivity index is 1.91. The minimum atomic E-state index is -4.56. The molecule has 4 nitrogen and oxygen atoms in total. The zero-order valence-corrected chi connectivity index (χ0v) is 14.2. The van der Waals surface area contributed by atoms with Crippen LogP contribution in [0.5, 0.6) is 0 Å². The van der Waals surface area contributed by atoms with Gasteiger partial charge in [-0.1, -0.05) is 11.6 Å². The number of hydrogen-bond acceptors (Lipinski definition) is 3. The third-order valence-electron chi connectivity index (χ3n) is 3.71. The van der Waals surface area contributed by atoms with Crippen LogP contribution in [0.4, 0.5) is 18.9 Å². The van der Waals surface area contributed by atoms with Crippen LogP contribution in [0.25, 0.3) is 0 Å². The molecule has 2 rings (SSSR count). The number of hydrogen-bond donors (Lipinski definition) is 1. The first-order chi connectivity index (χ1) is 11.1. The van der Waals surface area contributed by atoms with Gasteiger partial charge in [-0.15, -0.1) is 0 Å². The van der Waals surface area contributed by atoms with Crippen molar-refractivity contribution in [1.29, 1.82) is 0 Å². The van der Waals surface area contributed by atoms with E-state index in [1.54, 1.807) is 0 Å². The number of ether oxygens (including phenoxy) is 1. The number of nitrogens with zero attached hydrogens (tertiary/aromatic N) is 1. The van der Waals surface area contributed by atoms with Gasteiger partial charge in [-0.05, 0) is 32.0 Å². The van der Waals surface area contributed by atoms with Crippen LogP contribution < -0.4 is 5.32 Å². The number of alkyl halides is 3. The van der Waals surface area contributed by atoms with E-state index in [1.165, 1.54) is 6.07 Å². The second-order valence-corrected chi connectivity index (χ2v) is 6.41. The largest absolute Gasteiger partial charge is 0.417 e. The average Bonchev–Trinajstić information content (AvgIpc) is 2.45. The first-order valence-corrected chi connectivity index (χ1v) is 8.07. The van der Waals surface area contributed by atoms with Crippen LogP contribution in [0, 0.1) is 0 Å². The average molecular weight is 365 g/mol. The molecule has 1 saturated heterocycles. The molecule has 1 amide bonds. The van der Waals surface area contributed by atoms with Crippen LogP contribution in [0.15, 0.2) is 18.2 Å². The molecule has 1 aromatic carbocycles. The van der Waals surface area contributed by atoms with E-state index in [0.717, 1.165) is 25.2 Å². The van der Waals surface area contributed by atoms with Gasteiger partial charge in [0.2, 0.25) is 5.91 Å². The highest BCUT2D eigenvalue weighted by Crippen LogP contribution is 2.36. The Morgan fingerprint density at radius 3 is 2.54 bits per heavy atom. The molecule has 1 aliphatic rings. The van der Waals surface area contributed by atoms with Gasteiger partial charge in [0.05, 0.1) is 22.8 Å². The standard InChI is InChI=1S/C16H20ClF3N2O2/c1-10-8-22(9-11(2)24-10)6-5-15(23)21-12-3-4-14(17)13(7-12)16(18,19)20/h3-4,7,10-11H,5-6,8-9H2,1-2H3,(H,21,23)/t10-,11-/m1/s1. The Morgan fingerprint density at radius 2 is 1.96 bits per heavy atom. The van der Waals surface area contributed by atoms with Gasteiger partial charge in [0.15, 0.2) is 0 Å². The van der Waals surface area contributed by atoms with Gasteiger partial charge in [0.25, 0.3) is 0 Å². The summed E-state index contributed by atoms with van der Waals surface area (Å²) in [5, 5.41) is 2.10. The fourth-order valence-corrected chi connectivity index (χ4v) is 3.00. The molecule has 1 aromatic rings. The molecule has 0 spiro atoms. The van der Waals surface area contributed by atoms with Crippen LogP contribution in [0.3, 0.4) is 0 Å². The molecule has 1 fully saturated rings. The Hall–Kier alpha value is -1.31. The molecule has 8 heteroatoms. The van der Waals surface area contributed by atoms with Gasteiger partial charge in [-0.2, -0.15) is 13.2 Å². The van der Waals surface area contributed by atoms with Crippen LogP contribution in [-0.2, 0) is 15.7 Å². The number of anilines is 1. The van der Waals surface area contributed by atoms with Crippen LogP contribution in [0.1, 0.15) is 25.8 Å². The van der Waals surface area contributed by atoms with Crippen molar-refractivity contribution in [2.45, 2.75) is 38.7 Å². The Bertz CT molecular complexity index is 585. The first-order valence-electron chi connectivity index (χ1n) is 7.69. The van der Waals surface area contributed by atoms with E-state index in [0.29, 0.717) is 6.54 Å². The number of amides is 1. The first kappa shape index (κ1) is 19.0. The molecule has 0 radical (unpaired) electrons. The molecule has 0 saturated carbocycles. The summed E-state index contributed by atoms with van der Waals surface area (Å²) in [6, 6.07) is 3.33. The number of carbonyl (C=O) groups excluding carboxylic acids is 1. The van der Waals surface area contributed by atoms with Crippen molar-refractivity contribution in [3.8, 4) is 0 Å². The Labute approximate surface area is 143 Å². The molecule has 134 valence electrons. The number of nitrogens with one attached hydrogen (secondary N) is 1. The summed E-state index contributed by atoms with van der Waals surface area (Å²) < 4.78 is 44.1. The van der Waals surface area contributed by atoms with Crippen LogP contribution in [-0.4, -0.2) is 42.6 Å². The molecule has 1 heterocycles. The van der Waals surface area contributed by atoms with Gasteiger partial charge < -0.3 is 10.1 Å². The molecule has 0 aliphatic carbocycles. The second-order valence-electron chi connectivity index (χ2n) is 6.01. The predicted molar refractivity (Wildman–Crippen MR) is 86.1 cm³/mol. The number of carbonyl (C=O) groups is 1. The molecule has 1 aliphatic heterocycles. The second kappa shape index (κ2) is 7.72. The molecule has 0 unspecified atom stereocenters. The Kier molecular flexibility index (Phi) is 6.11. The SMILES string of the molecule is C[C@@H]1CN(CCC(=O)Nc2ccc(Cl)c(C(F)(F)F)c2)C[C@@H](C)O1. The third-order valence-corrected chi connectivity index (χ3v) is 4.04. The topological polar surface area (TPSA) is 41.6 Å². The lowest BCUT2D eigenvalue weighted by atomic mass is 10.2. The number of rotatable bonds is 4. The predicted octanol–water partition coefficient (Wildman–Crippen LogP) is 3.80. The highest BCUT2D eigenvalue weighted by molar-refractivity contribution is 6.31. The quantitative estimate of drug-likeness (QED) is 0.883. The Morgan fingerprint density at radius 1 is 1.33 bits per heavy atom. The number of benzene rings is 1. The smallest absolute Gasteiger partial charge is 0.373 e. The van der Waals surface area contributed by atoms with Gasteiger partial charge in [0.1, 0.15) is 0 Å². The van der Waals surface area contributed by atoms with E-state index in [-0.39, 0.29) is 30.2 Å². The fraction of sp³-hybridized carbons (Fsp3) is 0.562. The van der Waals surface area contributed by atoms with Crippen molar-refractivity contribution in [2.75, 3.05) is 25.0 Å². The summed E-state index contributed by atoms with van der Waals surface area (Å²) in [4.78, 5) is 14.1. The highest BCUT2D eigenvalue weighted by Gasteiger charge is 2.33. The minimum Gasteiger partial charge on any atom is -0.373 e. The number of halogens is 4. The summed E-state index contributed by atoms with van der Waals surface area (Å²) in [6.07, 6.45) is -4.16. The summed E-state index contributed by atoms with van der Waals surface area (Å²) >= 11 is 5.56. The minimum absolute atomic E-state index is 0.0837. The highest BCUT2D eigenvalue weighted by atomic mass is 35.5. The lowest BCUT2D eigenvalue weighted by Gasteiger charge is -2.35. The summed E-state index contributed by atoms with van der Waals surface area (Å²) in [5.41, 5.74) is -0.877. The van der Waals surface area contributed by atoms with Crippen molar-refractivity contribution in [1.82, 2.24) is 4.90 Å². The van der Waals surface area contributed by atoms with E-state index in [4.69, 9.17) is 16.3 Å². The van der Waals surface area contributed by atoms with Crippen molar-refractivity contribution in [3.63, 3.8) is 0 Å². The van der Waals surface area contributed by atoms with Crippen molar-refractivity contribution < 1.29 is 22.7 Å². The summed E-state index contributed by atoms with van der Waals surface area (Å²) in [5.74, 6) is -0.336. The zero-order valence-electron chi connectivity index (χ0n) is 13.5. The number of morpholine rings is 1. The molecule has 2 atom stereocenters. The third kappa shape index (κ3) is 5.36. The van der Waals surface area contributed by atoms with E-state index >= 15 is 0 Å². The molecule has 24 heavy (non-hydrogen) atoms. The fourth-order valence-electron chi connectivity index (χ4n) is 2.77. The molecule has 0 aromatic heterocycles. The van der Waals surface area contributed by atoms with Crippen LogP contribution >= 0.6 is 11.6 Å². The van der Waals surface area contributed by atoms with E-state index < -0.39 is 16.8 Å².